The number of fused-ring (bicyclic) bond motifs is 1. The fourth-order valence-corrected chi connectivity index (χ4v) is 6.68. The van der Waals surface area contributed by atoms with Gasteiger partial charge in [-0.05, 0) is 58.1 Å². The number of carboxylic acids is 1. The number of cyclic esters (lactones) is 1. The summed E-state index contributed by atoms with van der Waals surface area (Å²) in [7, 11) is -11.0. The maximum Gasteiger partial charge on any atom is 0.534 e. The molecule has 0 aromatic heterocycles. The molecule has 0 bridgehead atoms. The van der Waals surface area contributed by atoms with E-state index in [1.807, 2.05) is 0 Å². The van der Waals surface area contributed by atoms with Crippen molar-refractivity contribution in [2.45, 2.75) is 63.5 Å². The van der Waals surface area contributed by atoms with Crippen molar-refractivity contribution < 1.29 is 57.8 Å². The maximum atomic E-state index is 13.4. The van der Waals surface area contributed by atoms with Gasteiger partial charge in [0.1, 0.15) is 17.1 Å². The minimum Gasteiger partial charge on any atom is -0.481 e. The molecule has 0 saturated heterocycles. The van der Waals surface area contributed by atoms with Crippen molar-refractivity contribution in [1.29, 1.82) is 0 Å². The average Bonchev–Trinajstić information content (AvgIpc) is 3.53. The van der Waals surface area contributed by atoms with E-state index in [2.05, 4.69) is 4.18 Å². The Hall–Kier alpha value is -3.59. The highest BCUT2D eigenvalue weighted by molar-refractivity contribution is 7.88. The van der Waals surface area contributed by atoms with Crippen molar-refractivity contribution >= 4 is 32.2 Å². The van der Waals surface area contributed by atoms with Crippen LogP contribution in [0.4, 0.5) is 13.2 Å². The van der Waals surface area contributed by atoms with Crippen molar-refractivity contribution in [3.05, 3.63) is 63.7 Å². The monoisotopic (exact) mass is 632 g/mol. The van der Waals surface area contributed by atoms with Gasteiger partial charge < -0.3 is 18.2 Å². The number of hydrogen-bond donors (Lipinski definition) is 1. The molecule has 1 aliphatic heterocycles. The number of allylic oxidation sites excluding steroid dienone is 2. The Morgan fingerprint density at radius 3 is 2.26 bits per heavy atom. The second kappa shape index (κ2) is 11.2. The first kappa shape index (κ1) is 31.3. The van der Waals surface area contributed by atoms with E-state index in [0.717, 1.165) is 5.56 Å². The van der Waals surface area contributed by atoms with Crippen LogP contribution in [0.2, 0.25) is 0 Å². The number of carbonyl (C=O) groups excluding carboxylic acids is 1. The standard InChI is InChI=1S/C27H27F3O10S2/c1-14-7-10-17(11-8-14)41(34,35)39-24-20(12-9-15(2)18-5-4-6-19(18)25(31)32)23(40-42(36,37)27(28,29)30)16(3)21-13-38-26(33)22(21)24/h7-11,18-19H,4-6,12-13H2,1-3H3,(H,31,32). The summed E-state index contributed by atoms with van der Waals surface area (Å²) in [5.74, 6) is -4.80. The minimum atomic E-state index is -6.25. The molecule has 15 heteroatoms. The first-order valence-corrected chi connectivity index (χ1v) is 15.5. The normalized spacial score (nSPS) is 19.4. The van der Waals surface area contributed by atoms with Gasteiger partial charge in [-0.1, -0.05) is 35.8 Å². The van der Waals surface area contributed by atoms with Gasteiger partial charge in [0.05, 0.1) is 5.92 Å². The zero-order valence-corrected chi connectivity index (χ0v) is 24.3. The number of aliphatic carboxylic acids is 1. The lowest BCUT2D eigenvalue weighted by Crippen LogP contribution is -2.29. The molecule has 1 aliphatic carbocycles. The fraction of sp³-hybridized carbons (Fsp3) is 0.407. The SMILES string of the molecule is CC(=CCc1c(OS(=O)(=O)C(F)(F)F)c(C)c2c(c1OS(=O)(=O)c1ccc(C)cc1)C(=O)OC2)C1CCCC1C(=O)O. The summed E-state index contributed by atoms with van der Waals surface area (Å²) in [6, 6.07) is 5.39. The number of halogens is 3. The van der Waals surface area contributed by atoms with E-state index < -0.39 is 85.2 Å². The summed E-state index contributed by atoms with van der Waals surface area (Å²) < 4.78 is 106. The van der Waals surface area contributed by atoms with Crippen LogP contribution < -0.4 is 8.37 Å². The molecule has 2 aromatic rings. The van der Waals surface area contributed by atoms with E-state index in [1.54, 1.807) is 13.8 Å². The van der Waals surface area contributed by atoms with Crippen molar-refractivity contribution in [2.24, 2.45) is 11.8 Å². The quantitative estimate of drug-likeness (QED) is 0.174. The average molecular weight is 633 g/mol. The van der Waals surface area contributed by atoms with Gasteiger partial charge in [0, 0.05) is 16.7 Å². The van der Waals surface area contributed by atoms with Crippen LogP contribution in [-0.2, 0) is 42.8 Å². The number of carboxylic acid groups (broad SMARTS) is 1. The maximum absolute atomic E-state index is 13.4. The Balaban J connectivity index is 1.94. The minimum absolute atomic E-state index is 0.104. The topological polar surface area (TPSA) is 150 Å². The second-order valence-corrected chi connectivity index (χ2v) is 13.2. The second-order valence-electron chi connectivity index (χ2n) is 10.2. The molecule has 4 rings (SSSR count). The van der Waals surface area contributed by atoms with Crippen LogP contribution in [0.1, 0.15) is 58.8 Å². The smallest absolute Gasteiger partial charge is 0.481 e. The molecular weight excluding hydrogens is 605 g/mol. The van der Waals surface area contributed by atoms with Gasteiger partial charge in [0.15, 0.2) is 11.5 Å². The molecule has 1 heterocycles. The third kappa shape index (κ3) is 5.98. The Kier molecular flexibility index (Phi) is 8.39. The molecule has 1 fully saturated rings. The van der Waals surface area contributed by atoms with Crippen LogP contribution in [0.15, 0.2) is 40.8 Å². The first-order chi connectivity index (χ1) is 19.4. The number of benzene rings is 2. The highest BCUT2D eigenvalue weighted by Gasteiger charge is 2.50. The molecule has 10 nitrogen and oxygen atoms in total. The Morgan fingerprint density at radius 1 is 1.05 bits per heavy atom. The predicted molar refractivity (Wildman–Crippen MR) is 141 cm³/mol. The van der Waals surface area contributed by atoms with Gasteiger partial charge in [-0.15, -0.1) is 0 Å². The molecule has 2 aromatic carbocycles. The van der Waals surface area contributed by atoms with Gasteiger partial charge in [-0.25, -0.2) is 4.79 Å². The number of alkyl halides is 3. The van der Waals surface area contributed by atoms with Crippen LogP contribution in [0, 0.1) is 25.7 Å². The van der Waals surface area contributed by atoms with Crippen molar-refractivity contribution in [2.75, 3.05) is 0 Å². The van der Waals surface area contributed by atoms with E-state index in [4.69, 9.17) is 8.92 Å². The molecular formula is C27H27F3O10S2. The van der Waals surface area contributed by atoms with Crippen molar-refractivity contribution in [3.63, 3.8) is 0 Å². The zero-order chi connectivity index (χ0) is 31.2. The molecule has 0 amide bonds. The van der Waals surface area contributed by atoms with E-state index in [0.29, 0.717) is 24.8 Å². The third-order valence-corrected chi connectivity index (χ3v) is 9.64. The Morgan fingerprint density at radius 2 is 1.67 bits per heavy atom. The lowest BCUT2D eigenvalue weighted by Gasteiger charge is -2.21. The highest BCUT2D eigenvalue weighted by Crippen LogP contribution is 2.46. The number of ether oxygens (including phenoxy) is 1. The summed E-state index contributed by atoms with van der Waals surface area (Å²) >= 11 is 0. The summed E-state index contributed by atoms with van der Waals surface area (Å²) in [6.07, 6.45) is 2.53. The number of esters is 1. The molecule has 2 aliphatic rings. The largest absolute Gasteiger partial charge is 0.534 e. The summed E-state index contributed by atoms with van der Waals surface area (Å²) in [5, 5.41) is 9.58. The van der Waals surface area contributed by atoms with Gasteiger partial charge in [-0.2, -0.15) is 30.0 Å². The molecule has 228 valence electrons. The number of hydrogen-bond acceptors (Lipinski definition) is 9. The first-order valence-electron chi connectivity index (χ1n) is 12.7. The summed E-state index contributed by atoms with van der Waals surface area (Å²) in [5.41, 5.74) is -5.77. The number of carbonyl (C=O) groups is 2. The highest BCUT2D eigenvalue weighted by atomic mass is 32.2. The number of aryl methyl sites for hydroxylation is 1. The molecule has 42 heavy (non-hydrogen) atoms. The molecule has 1 saturated carbocycles. The number of rotatable bonds is 9. The van der Waals surface area contributed by atoms with E-state index in [1.165, 1.54) is 37.3 Å². The van der Waals surface area contributed by atoms with Crippen LogP contribution in [0.25, 0.3) is 0 Å². The Labute approximate surface area is 240 Å². The predicted octanol–water partition coefficient (Wildman–Crippen LogP) is 4.96. The van der Waals surface area contributed by atoms with Crippen LogP contribution >= 0.6 is 0 Å². The third-order valence-electron chi connectivity index (χ3n) is 7.45. The Bertz CT molecular complexity index is 1680. The molecule has 2 unspecified atom stereocenters. The summed E-state index contributed by atoms with van der Waals surface area (Å²) in [4.78, 5) is 24.1. The van der Waals surface area contributed by atoms with Gasteiger partial charge >= 0.3 is 37.7 Å². The van der Waals surface area contributed by atoms with E-state index in [-0.39, 0.29) is 16.0 Å². The van der Waals surface area contributed by atoms with Gasteiger partial charge in [0.25, 0.3) is 0 Å². The van der Waals surface area contributed by atoms with Crippen molar-refractivity contribution in [3.8, 4) is 11.5 Å². The lowest BCUT2D eigenvalue weighted by molar-refractivity contribution is -0.142. The zero-order valence-electron chi connectivity index (χ0n) is 22.6. The molecule has 0 radical (unpaired) electrons. The van der Waals surface area contributed by atoms with Gasteiger partial charge in [0.2, 0.25) is 0 Å². The fourth-order valence-electron chi connectivity index (χ4n) is 5.17. The van der Waals surface area contributed by atoms with E-state index in [9.17, 15) is 44.7 Å². The van der Waals surface area contributed by atoms with Gasteiger partial charge in [-0.3, -0.25) is 4.79 Å². The summed E-state index contributed by atoms with van der Waals surface area (Å²) in [6.45, 7) is 4.02. The van der Waals surface area contributed by atoms with Crippen LogP contribution in [0.5, 0.6) is 11.5 Å². The molecule has 2 atom stereocenters. The van der Waals surface area contributed by atoms with E-state index >= 15 is 0 Å². The van der Waals surface area contributed by atoms with Crippen LogP contribution in [0.3, 0.4) is 0 Å². The molecule has 0 spiro atoms. The van der Waals surface area contributed by atoms with Crippen molar-refractivity contribution in [1.82, 2.24) is 0 Å². The van der Waals surface area contributed by atoms with Crippen LogP contribution in [-0.4, -0.2) is 39.4 Å². The lowest BCUT2D eigenvalue weighted by atomic mass is 9.88. The molecule has 1 N–H and O–H groups in total.